The van der Waals surface area contributed by atoms with Crippen molar-refractivity contribution in [2.45, 2.75) is 74.8 Å². The Bertz CT molecular complexity index is 774. The van der Waals surface area contributed by atoms with Gasteiger partial charge < -0.3 is 28.8 Å². The number of methoxy groups -OCH3 is 1. The van der Waals surface area contributed by atoms with Gasteiger partial charge in [-0.3, -0.25) is 0 Å². The van der Waals surface area contributed by atoms with Crippen molar-refractivity contribution in [2.75, 3.05) is 13.7 Å². The summed E-state index contributed by atoms with van der Waals surface area (Å²) in [4.78, 5) is 12.3. The smallest absolute Gasteiger partial charge is 0.337 e. The first-order chi connectivity index (χ1) is 12.7. The molecule has 9 unspecified atom stereocenters. The minimum absolute atomic E-state index is 0.128. The van der Waals surface area contributed by atoms with Crippen molar-refractivity contribution in [1.82, 2.24) is 0 Å². The van der Waals surface area contributed by atoms with Gasteiger partial charge in [-0.15, -0.1) is 0 Å². The third-order valence-corrected chi connectivity index (χ3v) is 7.93. The Morgan fingerprint density at radius 1 is 1.30 bits per heavy atom. The number of hydrogen-bond acceptors (Lipinski definition) is 7. The van der Waals surface area contributed by atoms with Crippen LogP contribution < -0.4 is 0 Å². The summed E-state index contributed by atoms with van der Waals surface area (Å²) in [7, 11) is 1.38. The first-order valence-electron chi connectivity index (χ1n) is 9.87. The van der Waals surface area contributed by atoms with E-state index in [0.717, 1.165) is 6.42 Å². The van der Waals surface area contributed by atoms with E-state index in [1.807, 2.05) is 0 Å². The Labute approximate surface area is 157 Å². The lowest BCUT2D eigenvalue weighted by molar-refractivity contribution is -0.304. The van der Waals surface area contributed by atoms with E-state index >= 15 is 0 Å². The lowest BCUT2D eigenvalue weighted by Gasteiger charge is -2.59. The normalized spacial score (nSPS) is 56.0. The highest BCUT2D eigenvalue weighted by molar-refractivity contribution is 5.89. The van der Waals surface area contributed by atoms with Crippen LogP contribution in [0.2, 0.25) is 0 Å². The molecule has 6 aliphatic rings. The van der Waals surface area contributed by atoms with Crippen LogP contribution in [0.5, 0.6) is 0 Å². The maximum absolute atomic E-state index is 12.3. The molecular weight excluding hydrogens is 352 g/mol. The SMILES string of the molecule is COC(=O)C1=C(C)OC2(C1)C1OC1C13OC(C)(C)CC4C(OCC41)C(O)C23. The van der Waals surface area contributed by atoms with E-state index in [1.54, 1.807) is 6.92 Å². The van der Waals surface area contributed by atoms with Gasteiger partial charge in [-0.1, -0.05) is 0 Å². The molecule has 4 aliphatic heterocycles. The molecule has 0 radical (unpaired) electrons. The molecule has 2 spiro atoms. The highest BCUT2D eigenvalue weighted by atomic mass is 16.7. The van der Waals surface area contributed by atoms with Crippen LogP contribution in [-0.4, -0.2) is 66.0 Å². The number of carbonyl (C=O) groups is 1. The van der Waals surface area contributed by atoms with E-state index in [-0.39, 0.29) is 47.6 Å². The molecule has 9 atom stereocenters. The maximum atomic E-state index is 12.3. The molecule has 148 valence electrons. The van der Waals surface area contributed by atoms with Gasteiger partial charge >= 0.3 is 5.97 Å². The van der Waals surface area contributed by atoms with Crippen LogP contribution in [0.1, 0.15) is 33.6 Å². The third kappa shape index (κ3) is 1.72. The van der Waals surface area contributed by atoms with Crippen molar-refractivity contribution in [3.8, 4) is 0 Å². The lowest BCUT2D eigenvalue weighted by atomic mass is 9.56. The number of rotatable bonds is 1. The Morgan fingerprint density at radius 3 is 2.81 bits per heavy atom. The van der Waals surface area contributed by atoms with Gasteiger partial charge in [0, 0.05) is 12.3 Å². The largest absolute Gasteiger partial charge is 0.488 e. The molecule has 3 saturated heterocycles. The summed E-state index contributed by atoms with van der Waals surface area (Å²) < 4.78 is 30.3. The van der Waals surface area contributed by atoms with E-state index in [2.05, 4.69) is 13.8 Å². The first-order valence-corrected chi connectivity index (χ1v) is 9.87. The monoisotopic (exact) mass is 378 g/mol. The molecule has 0 aromatic carbocycles. The number of allylic oxidation sites excluding steroid dienone is 1. The third-order valence-electron chi connectivity index (χ3n) is 7.93. The van der Waals surface area contributed by atoms with Gasteiger partial charge in [0.05, 0.1) is 43.0 Å². The molecule has 0 amide bonds. The molecule has 2 saturated carbocycles. The second-order valence-electron chi connectivity index (χ2n) is 9.69. The molecule has 0 aromatic rings. The van der Waals surface area contributed by atoms with Crippen molar-refractivity contribution >= 4 is 5.97 Å². The minimum Gasteiger partial charge on any atom is -0.488 e. The molecule has 4 bridgehead atoms. The van der Waals surface area contributed by atoms with Crippen molar-refractivity contribution < 1.29 is 33.6 Å². The quantitative estimate of drug-likeness (QED) is 0.537. The highest BCUT2D eigenvalue weighted by Crippen LogP contribution is 2.73. The van der Waals surface area contributed by atoms with E-state index in [9.17, 15) is 9.90 Å². The summed E-state index contributed by atoms with van der Waals surface area (Å²) in [6.07, 6.45) is 0.0241. The zero-order valence-corrected chi connectivity index (χ0v) is 16.1. The second-order valence-corrected chi connectivity index (χ2v) is 9.69. The molecule has 1 N–H and O–H groups in total. The molecule has 7 nitrogen and oxygen atoms in total. The summed E-state index contributed by atoms with van der Waals surface area (Å²) >= 11 is 0. The van der Waals surface area contributed by atoms with Crippen molar-refractivity contribution in [2.24, 2.45) is 17.8 Å². The molecule has 6 rings (SSSR count). The first kappa shape index (κ1) is 16.8. The van der Waals surface area contributed by atoms with Crippen LogP contribution in [0.4, 0.5) is 0 Å². The fourth-order valence-electron chi connectivity index (χ4n) is 7.26. The molecular formula is C20H26O7. The summed E-state index contributed by atoms with van der Waals surface area (Å²) in [5.41, 5.74) is -1.21. The zero-order valence-electron chi connectivity index (χ0n) is 16.1. The second kappa shape index (κ2) is 4.70. The number of carbonyl (C=O) groups excluding carboxylic acids is 1. The van der Waals surface area contributed by atoms with Gasteiger partial charge in [0.1, 0.15) is 29.2 Å². The number of aliphatic hydroxyl groups excluding tert-OH is 1. The van der Waals surface area contributed by atoms with E-state index in [0.29, 0.717) is 24.4 Å². The standard InChI is InChI=1S/C20H26O7/c1-8-9(17(22)23-4)6-19(26-8)14-12(21)13-10-5-18(2,3)27-20(14,11(10)7-24-13)16-15(19)25-16/h10-16,21H,5-7H2,1-4H3. The van der Waals surface area contributed by atoms with Crippen LogP contribution in [0.15, 0.2) is 11.3 Å². The topological polar surface area (TPSA) is 86.8 Å². The number of epoxide rings is 1. The van der Waals surface area contributed by atoms with Crippen LogP contribution in [0.25, 0.3) is 0 Å². The Kier molecular flexibility index (Phi) is 2.92. The number of ether oxygens (including phenoxy) is 5. The van der Waals surface area contributed by atoms with Crippen molar-refractivity contribution in [3.63, 3.8) is 0 Å². The van der Waals surface area contributed by atoms with Crippen LogP contribution >= 0.6 is 0 Å². The van der Waals surface area contributed by atoms with E-state index in [4.69, 9.17) is 23.7 Å². The van der Waals surface area contributed by atoms with Gasteiger partial charge in [-0.05, 0) is 33.1 Å². The fraction of sp³-hybridized carbons (Fsp3) is 0.850. The predicted molar refractivity (Wildman–Crippen MR) is 90.5 cm³/mol. The zero-order chi connectivity index (χ0) is 18.9. The summed E-state index contributed by atoms with van der Waals surface area (Å²) in [6.45, 7) is 6.59. The molecule has 2 aliphatic carbocycles. The number of aliphatic hydroxyl groups is 1. The van der Waals surface area contributed by atoms with Gasteiger partial charge in [-0.2, -0.15) is 0 Å². The molecule has 27 heavy (non-hydrogen) atoms. The van der Waals surface area contributed by atoms with Gasteiger partial charge in [0.25, 0.3) is 0 Å². The van der Waals surface area contributed by atoms with Crippen LogP contribution in [0.3, 0.4) is 0 Å². The van der Waals surface area contributed by atoms with Gasteiger partial charge in [0.15, 0.2) is 0 Å². The molecule has 7 heteroatoms. The lowest BCUT2D eigenvalue weighted by Crippen LogP contribution is -2.71. The van der Waals surface area contributed by atoms with Crippen molar-refractivity contribution in [1.29, 1.82) is 0 Å². The predicted octanol–water partition coefficient (Wildman–Crippen LogP) is 0.933. The summed E-state index contributed by atoms with van der Waals surface area (Å²) in [6, 6.07) is 0. The van der Waals surface area contributed by atoms with E-state index in [1.165, 1.54) is 7.11 Å². The van der Waals surface area contributed by atoms with E-state index < -0.39 is 17.3 Å². The Balaban J connectivity index is 1.48. The highest BCUT2D eigenvalue weighted by Gasteiger charge is 2.88. The van der Waals surface area contributed by atoms with Crippen LogP contribution in [0, 0.1) is 17.8 Å². The molecule has 4 heterocycles. The van der Waals surface area contributed by atoms with Gasteiger partial charge in [-0.25, -0.2) is 4.79 Å². The van der Waals surface area contributed by atoms with Crippen molar-refractivity contribution in [3.05, 3.63) is 11.3 Å². The molecule has 5 fully saturated rings. The number of hydrogen-bond donors (Lipinski definition) is 1. The maximum Gasteiger partial charge on any atom is 0.337 e. The summed E-state index contributed by atoms with van der Waals surface area (Å²) in [5, 5.41) is 11.4. The average molecular weight is 378 g/mol. The minimum atomic E-state index is -0.791. The Hall–Kier alpha value is -1.15. The van der Waals surface area contributed by atoms with Gasteiger partial charge in [0.2, 0.25) is 0 Å². The number of fused-ring (bicyclic) bond motifs is 3. The number of esters is 1. The summed E-state index contributed by atoms with van der Waals surface area (Å²) in [5.74, 6) is 0.333. The fourth-order valence-corrected chi connectivity index (χ4v) is 7.26. The Morgan fingerprint density at radius 2 is 2.07 bits per heavy atom. The average Bonchev–Trinajstić information content (AvgIpc) is 3.17. The molecule has 0 aromatic heterocycles. The van der Waals surface area contributed by atoms with Crippen LogP contribution in [-0.2, 0) is 28.5 Å².